The minimum absolute atomic E-state index is 0. The van der Waals surface area contributed by atoms with Crippen LogP contribution in [-0.4, -0.2) is 24.0 Å². The maximum Gasteiger partial charge on any atom is 0.271 e. The van der Waals surface area contributed by atoms with Gasteiger partial charge < -0.3 is 17.0 Å². The summed E-state index contributed by atoms with van der Waals surface area (Å²) in [6.07, 6.45) is 6.83. The number of aromatic nitrogens is 1. The van der Waals surface area contributed by atoms with Gasteiger partial charge in [0, 0.05) is 25.5 Å². The van der Waals surface area contributed by atoms with E-state index in [-0.39, 0.29) is 35.2 Å². The molecule has 1 fully saturated rings. The molecule has 0 saturated heterocycles. The molecule has 6 nitrogen and oxygen atoms in total. The number of halogens is 1. The maximum atomic E-state index is 12.4. The number of Topliss-reactive ketones (excluding diaryl/α,β-unsaturated/α-hetero) is 2. The van der Waals surface area contributed by atoms with Crippen LogP contribution in [0.2, 0.25) is 0 Å². The quantitative estimate of drug-likeness (QED) is 0.305. The van der Waals surface area contributed by atoms with E-state index in [2.05, 4.69) is 17.8 Å². The van der Waals surface area contributed by atoms with Crippen molar-refractivity contribution in [2.24, 2.45) is 11.8 Å². The summed E-state index contributed by atoms with van der Waals surface area (Å²) in [5, 5.41) is 1.87. The molecule has 0 radical (unpaired) electrons. The standard InChI is InChI=1S/C21H25N3O3S.BrH/c1-15(16-5-2-7-18(25)11-16)12-22-23-21(27)17-6-3-9-24(13-17)14-19(26)20-8-4-10-28-20;/h3-4,6,8-10,13,15-16,22H,2,5,7,11-12,14H2,1H3;1H. The highest BCUT2D eigenvalue weighted by molar-refractivity contribution is 7.12. The number of rotatable bonds is 8. The molecule has 1 aliphatic carbocycles. The van der Waals surface area contributed by atoms with E-state index in [1.54, 1.807) is 35.2 Å². The average molecular weight is 480 g/mol. The molecule has 2 aromatic rings. The molecule has 2 aromatic heterocycles. The third-order valence-electron chi connectivity index (χ3n) is 5.19. The van der Waals surface area contributed by atoms with E-state index >= 15 is 0 Å². The molecule has 29 heavy (non-hydrogen) atoms. The Morgan fingerprint density at radius 3 is 2.86 bits per heavy atom. The van der Waals surface area contributed by atoms with Crippen molar-refractivity contribution >= 4 is 28.8 Å². The molecular weight excluding hydrogens is 454 g/mol. The smallest absolute Gasteiger partial charge is 0.271 e. The summed E-state index contributed by atoms with van der Waals surface area (Å²) >= 11 is 1.41. The molecule has 2 N–H and O–H groups in total. The van der Waals surface area contributed by atoms with Gasteiger partial charge in [-0.05, 0) is 42.2 Å². The Bertz CT molecular complexity index is 841. The summed E-state index contributed by atoms with van der Waals surface area (Å²) < 4.78 is 1.72. The summed E-state index contributed by atoms with van der Waals surface area (Å²) in [6, 6.07) is 7.12. The normalized spacial score (nSPS) is 17.3. The number of pyridine rings is 1. The highest BCUT2D eigenvalue weighted by Gasteiger charge is 2.24. The molecule has 3 rings (SSSR count). The lowest BCUT2D eigenvalue weighted by molar-refractivity contribution is -0.683. The summed E-state index contributed by atoms with van der Waals surface area (Å²) in [5.74, 6) is 0.816. The van der Waals surface area contributed by atoms with Gasteiger partial charge in [-0.3, -0.25) is 19.8 Å². The van der Waals surface area contributed by atoms with E-state index in [4.69, 9.17) is 0 Å². The Labute approximate surface area is 185 Å². The van der Waals surface area contributed by atoms with Crippen molar-refractivity contribution in [3.05, 3.63) is 52.5 Å². The zero-order chi connectivity index (χ0) is 19.9. The number of nitrogens with zero attached hydrogens (tertiary/aromatic N) is 1. The first kappa shape index (κ1) is 23.4. The number of hydrogen-bond acceptors (Lipinski definition) is 5. The summed E-state index contributed by atoms with van der Waals surface area (Å²) in [4.78, 5) is 36.9. The molecule has 0 aliphatic heterocycles. The molecule has 1 saturated carbocycles. The third kappa shape index (κ3) is 6.83. The monoisotopic (exact) mass is 479 g/mol. The minimum Gasteiger partial charge on any atom is -1.00 e. The van der Waals surface area contributed by atoms with E-state index in [9.17, 15) is 14.4 Å². The average Bonchev–Trinajstić information content (AvgIpc) is 3.23. The van der Waals surface area contributed by atoms with E-state index in [1.165, 1.54) is 11.3 Å². The van der Waals surface area contributed by atoms with Gasteiger partial charge in [-0.15, -0.1) is 11.3 Å². The van der Waals surface area contributed by atoms with Crippen LogP contribution in [-0.2, 0) is 11.3 Å². The summed E-state index contributed by atoms with van der Waals surface area (Å²) in [5.41, 5.74) is 6.19. The van der Waals surface area contributed by atoms with E-state index in [0.717, 1.165) is 12.8 Å². The number of ketones is 2. The van der Waals surface area contributed by atoms with Crippen LogP contribution >= 0.6 is 11.3 Å². The molecule has 2 heterocycles. The largest absolute Gasteiger partial charge is 1.00 e. The van der Waals surface area contributed by atoms with Gasteiger partial charge in [0.05, 0.1) is 4.88 Å². The molecule has 8 heteroatoms. The topological polar surface area (TPSA) is 79.2 Å². The first-order valence-electron chi connectivity index (χ1n) is 9.63. The van der Waals surface area contributed by atoms with E-state index in [1.807, 2.05) is 11.4 Å². The number of amides is 1. The van der Waals surface area contributed by atoms with Gasteiger partial charge in [0.25, 0.3) is 5.91 Å². The second-order valence-electron chi connectivity index (χ2n) is 7.37. The SMILES string of the molecule is CC(CNNC(=O)c1ccc[n+](CC(=O)c2cccs2)c1)C1CCCC(=O)C1.[Br-]. The summed E-state index contributed by atoms with van der Waals surface area (Å²) in [7, 11) is 0. The number of carbonyl (C=O) groups excluding carboxylic acids is 3. The van der Waals surface area contributed by atoms with Gasteiger partial charge in [-0.25, -0.2) is 5.43 Å². The van der Waals surface area contributed by atoms with Crippen LogP contribution in [0.25, 0.3) is 0 Å². The van der Waals surface area contributed by atoms with Gasteiger partial charge in [-0.1, -0.05) is 13.0 Å². The van der Waals surface area contributed by atoms with Crippen LogP contribution < -0.4 is 32.4 Å². The van der Waals surface area contributed by atoms with Crippen molar-refractivity contribution in [3.63, 3.8) is 0 Å². The molecule has 2 atom stereocenters. The molecule has 1 amide bonds. The van der Waals surface area contributed by atoms with Crippen LogP contribution in [0, 0.1) is 11.8 Å². The van der Waals surface area contributed by atoms with Crippen LogP contribution in [0.15, 0.2) is 42.0 Å². The first-order valence-corrected chi connectivity index (χ1v) is 10.5. The van der Waals surface area contributed by atoms with Gasteiger partial charge in [0.2, 0.25) is 12.3 Å². The zero-order valence-electron chi connectivity index (χ0n) is 16.4. The molecule has 2 unspecified atom stereocenters. The fraction of sp³-hybridized carbons (Fsp3) is 0.429. The maximum absolute atomic E-state index is 12.4. The molecule has 0 bridgehead atoms. The van der Waals surface area contributed by atoms with Gasteiger partial charge in [0.1, 0.15) is 11.3 Å². The number of nitrogens with one attached hydrogen (secondary N) is 2. The Morgan fingerprint density at radius 2 is 2.14 bits per heavy atom. The Kier molecular flexibility index (Phi) is 9.13. The zero-order valence-corrected chi connectivity index (χ0v) is 18.8. The molecule has 156 valence electrons. The minimum atomic E-state index is -0.246. The van der Waals surface area contributed by atoms with E-state index in [0.29, 0.717) is 47.4 Å². The van der Waals surface area contributed by atoms with Crippen LogP contribution in [0.5, 0.6) is 0 Å². The Balaban J connectivity index is 0.00000300. The predicted octanol–water partition coefficient (Wildman–Crippen LogP) is -0.448. The highest BCUT2D eigenvalue weighted by Crippen LogP contribution is 2.27. The number of hydrazine groups is 1. The van der Waals surface area contributed by atoms with Crippen LogP contribution in [0.3, 0.4) is 0 Å². The number of carbonyl (C=O) groups is 3. The van der Waals surface area contributed by atoms with E-state index < -0.39 is 0 Å². The second kappa shape index (κ2) is 11.3. The molecule has 0 aromatic carbocycles. The van der Waals surface area contributed by atoms with Crippen molar-refractivity contribution < 1.29 is 35.9 Å². The van der Waals surface area contributed by atoms with Crippen molar-refractivity contribution in [2.45, 2.75) is 39.2 Å². The fourth-order valence-electron chi connectivity index (χ4n) is 3.51. The van der Waals surface area contributed by atoms with Crippen molar-refractivity contribution in [1.29, 1.82) is 0 Å². The molecule has 0 spiro atoms. The summed E-state index contributed by atoms with van der Waals surface area (Å²) in [6.45, 7) is 2.92. The van der Waals surface area contributed by atoms with Crippen LogP contribution in [0.4, 0.5) is 0 Å². The lowest BCUT2D eigenvalue weighted by Crippen LogP contribution is -3.00. The second-order valence-corrected chi connectivity index (χ2v) is 8.32. The Hall–Kier alpha value is -1.90. The predicted molar refractivity (Wildman–Crippen MR) is 107 cm³/mol. The van der Waals surface area contributed by atoms with Gasteiger partial charge >= 0.3 is 0 Å². The van der Waals surface area contributed by atoms with Crippen molar-refractivity contribution in [1.82, 2.24) is 10.9 Å². The fourth-order valence-corrected chi connectivity index (χ4v) is 4.17. The van der Waals surface area contributed by atoms with Gasteiger partial charge in [-0.2, -0.15) is 4.57 Å². The Morgan fingerprint density at radius 1 is 1.31 bits per heavy atom. The lowest BCUT2D eigenvalue weighted by Gasteiger charge is -2.27. The highest BCUT2D eigenvalue weighted by atomic mass is 79.9. The van der Waals surface area contributed by atoms with Crippen molar-refractivity contribution in [2.75, 3.05) is 6.54 Å². The van der Waals surface area contributed by atoms with Gasteiger partial charge in [0.15, 0.2) is 12.4 Å². The third-order valence-corrected chi connectivity index (χ3v) is 6.10. The molecule has 1 aliphatic rings. The number of thiophene rings is 1. The number of hydrogen-bond donors (Lipinski definition) is 2. The van der Waals surface area contributed by atoms with Crippen molar-refractivity contribution in [3.8, 4) is 0 Å². The van der Waals surface area contributed by atoms with Crippen LogP contribution in [0.1, 0.15) is 52.6 Å². The first-order chi connectivity index (χ1) is 13.5. The molecular formula is C21H26BrN3O3S. The lowest BCUT2D eigenvalue weighted by atomic mass is 9.80.